The highest BCUT2D eigenvalue weighted by Gasteiger charge is 2.11. The topological polar surface area (TPSA) is 87.6 Å². The summed E-state index contributed by atoms with van der Waals surface area (Å²) in [7, 11) is 5.88. The number of imidazole rings is 2. The third-order valence-corrected chi connectivity index (χ3v) is 3.32. The van der Waals surface area contributed by atoms with Crippen LogP contribution in [0.1, 0.15) is 5.69 Å². The summed E-state index contributed by atoms with van der Waals surface area (Å²) in [5.41, 5.74) is 2.30. The molecule has 0 aliphatic heterocycles. The maximum Gasteiger partial charge on any atom is 0.226 e. The van der Waals surface area contributed by atoms with Gasteiger partial charge in [-0.05, 0) is 11.6 Å². The number of hydrogen-bond acceptors (Lipinski definition) is 6. The van der Waals surface area contributed by atoms with Crippen LogP contribution in [0.25, 0.3) is 11.2 Å². The lowest BCUT2D eigenvalue weighted by Crippen LogP contribution is -2.15. The minimum absolute atomic E-state index is 0.163. The first-order valence-electron chi connectivity index (χ1n) is 6.34. The number of halogens is 1. The van der Waals surface area contributed by atoms with Gasteiger partial charge in [0.15, 0.2) is 11.5 Å². The summed E-state index contributed by atoms with van der Waals surface area (Å²) in [6, 6.07) is 0. The van der Waals surface area contributed by atoms with Crippen LogP contribution in [-0.4, -0.2) is 43.6 Å². The number of nitrogens with zero attached hydrogens (tertiary/aromatic N) is 6. The standard InChI is InChI=1S/C12H15ClN8/c1-20(2)12-15-5-7(21(12)3)4-14-9-8-10(17-6-16-8)19-11(13)18-9/h5-6H,4H2,1-3H3,(H2,14,16,17,18,19). The zero-order valence-electron chi connectivity index (χ0n) is 11.9. The number of H-pyrrole nitrogens is 1. The lowest BCUT2D eigenvalue weighted by molar-refractivity contribution is 0.813. The highest BCUT2D eigenvalue weighted by Crippen LogP contribution is 2.20. The Morgan fingerprint density at radius 1 is 1.33 bits per heavy atom. The predicted octanol–water partition coefficient (Wildman–Crippen LogP) is 1.42. The minimum Gasteiger partial charge on any atom is -0.362 e. The molecule has 21 heavy (non-hydrogen) atoms. The summed E-state index contributed by atoms with van der Waals surface area (Å²) in [6.07, 6.45) is 3.39. The van der Waals surface area contributed by atoms with Gasteiger partial charge in [-0.2, -0.15) is 9.97 Å². The predicted molar refractivity (Wildman–Crippen MR) is 81.6 cm³/mol. The zero-order chi connectivity index (χ0) is 15.0. The molecule has 0 aliphatic carbocycles. The van der Waals surface area contributed by atoms with Gasteiger partial charge >= 0.3 is 0 Å². The summed E-state index contributed by atoms with van der Waals surface area (Å²) in [5, 5.41) is 3.40. The summed E-state index contributed by atoms with van der Waals surface area (Å²) in [6.45, 7) is 0.568. The average Bonchev–Trinajstić information content (AvgIpc) is 3.02. The van der Waals surface area contributed by atoms with E-state index in [1.165, 1.54) is 0 Å². The van der Waals surface area contributed by atoms with Crippen LogP contribution in [0.15, 0.2) is 12.5 Å². The Hall–Kier alpha value is -2.35. The molecule has 0 saturated carbocycles. The summed E-state index contributed by atoms with van der Waals surface area (Å²) in [4.78, 5) is 21.6. The summed E-state index contributed by atoms with van der Waals surface area (Å²) in [5.74, 6) is 1.51. The number of aromatic amines is 1. The number of hydrogen-bond donors (Lipinski definition) is 2. The van der Waals surface area contributed by atoms with Gasteiger partial charge in [0.1, 0.15) is 5.52 Å². The van der Waals surface area contributed by atoms with Crippen molar-refractivity contribution < 1.29 is 0 Å². The first kappa shape index (κ1) is 13.6. The average molecular weight is 307 g/mol. The molecule has 3 rings (SSSR count). The molecule has 8 nitrogen and oxygen atoms in total. The molecule has 3 aromatic rings. The van der Waals surface area contributed by atoms with Crippen molar-refractivity contribution in [3.05, 3.63) is 23.5 Å². The molecule has 3 aromatic heterocycles. The van der Waals surface area contributed by atoms with Crippen molar-refractivity contribution in [1.82, 2.24) is 29.5 Å². The van der Waals surface area contributed by atoms with Crippen LogP contribution in [0.2, 0.25) is 5.28 Å². The first-order chi connectivity index (χ1) is 10.1. The van der Waals surface area contributed by atoms with Crippen LogP contribution < -0.4 is 10.2 Å². The van der Waals surface area contributed by atoms with E-state index in [0.29, 0.717) is 18.0 Å². The van der Waals surface area contributed by atoms with Gasteiger partial charge in [0.05, 0.1) is 24.8 Å². The van der Waals surface area contributed by atoms with E-state index in [-0.39, 0.29) is 5.28 Å². The minimum atomic E-state index is 0.163. The van der Waals surface area contributed by atoms with Crippen LogP contribution in [0.4, 0.5) is 11.8 Å². The molecule has 3 heterocycles. The van der Waals surface area contributed by atoms with E-state index in [1.807, 2.05) is 36.8 Å². The lowest BCUT2D eigenvalue weighted by atomic mass is 10.4. The third kappa shape index (κ3) is 2.49. The number of rotatable bonds is 4. The molecule has 0 bridgehead atoms. The van der Waals surface area contributed by atoms with Crippen molar-refractivity contribution in [3.63, 3.8) is 0 Å². The highest BCUT2D eigenvalue weighted by atomic mass is 35.5. The maximum absolute atomic E-state index is 5.90. The SMILES string of the molecule is CN(C)c1ncc(CNc2nc(Cl)nc3nc[nH]c23)n1C. The molecular formula is C12H15ClN8. The van der Waals surface area contributed by atoms with E-state index in [0.717, 1.165) is 17.2 Å². The second-order valence-corrected chi connectivity index (χ2v) is 5.14. The summed E-state index contributed by atoms with van der Waals surface area (Å²) >= 11 is 5.90. The molecule has 0 fully saturated rings. The third-order valence-electron chi connectivity index (χ3n) is 3.16. The molecule has 0 saturated heterocycles. The van der Waals surface area contributed by atoms with Crippen LogP contribution in [-0.2, 0) is 13.6 Å². The molecule has 0 unspecified atom stereocenters. The van der Waals surface area contributed by atoms with Crippen molar-refractivity contribution >= 4 is 34.5 Å². The zero-order valence-corrected chi connectivity index (χ0v) is 12.7. The highest BCUT2D eigenvalue weighted by molar-refractivity contribution is 6.28. The van der Waals surface area contributed by atoms with Gasteiger partial charge in [-0.3, -0.25) is 0 Å². The second kappa shape index (κ2) is 5.21. The molecule has 0 atom stereocenters. The molecule has 0 amide bonds. The Morgan fingerprint density at radius 3 is 2.86 bits per heavy atom. The number of aromatic nitrogens is 6. The Morgan fingerprint density at radius 2 is 2.14 bits per heavy atom. The van der Waals surface area contributed by atoms with Crippen molar-refractivity contribution in [2.24, 2.45) is 7.05 Å². The maximum atomic E-state index is 5.90. The fraction of sp³-hybridized carbons (Fsp3) is 0.333. The Kier molecular flexibility index (Phi) is 3.38. The van der Waals surface area contributed by atoms with Crippen molar-refractivity contribution in [2.45, 2.75) is 6.54 Å². The first-order valence-corrected chi connectivity index (χ1v) is 6.72. The van der Waals surface area contributed by atoms with Crippen LogP contribution in [0.5, 0.6) is 0 Å². The van der Waals surface area contributed by atoms with Crippen LogP contribution in [0.3, 0.4) is 0 Å². The summed E-state index contributed by atoms with van der Waals surface area (Å²) < 4.78 is 2.01. The molecular weight excluding hydrogens is 292 g/mol. The van der Waals surface area contributed by atoms with E-state index in [4.69, 9.17) is 11.6 Å². The molecule has 0 radical (unpaired) electrons. The monoisotopic (exact) mass is 306 g/mol. The molecule has 9 heteroatoms. The van der Waals surface area contributed by atoms with Gasteiger partial charge in [-0.25, -0.2) is 9.97 Å². The molecule has 2 N–H and O–H groups in total. The quantitative estimate of drug-likeness (QED) is 0.709. The number of anilines is 2. The van der Waals surface area contributed by atoms with Gasteiger partial charge in [0, 0.05) is 21.1 Å². The fourth-order valence-electron chi connectivity index (χ4n) is 2.12. The second-order valence-electron chi connectivity index (χ2n) is 4.80. The van der Waals surface area contributed by atoms with E-state index in [2.05, 4.69) is 30.2 Å². The molecule has 0 aliphatic rings. The molecule has 0 spiro atoms. The Bertz CT molecular complexity index is 775. The smallest absolute Gasteiger partial charge is 0.226 e. The van der Waals surface area contributed by atoms with Gasteiger partial charge in [0.2, 0.25) is 11.2 Å². The van der Waals surface area contributed by atoms with Crippen LogP contribution >= 0.6 is 11.6 Å². The largest absolute Gasteiger partial charge is 0.362 e. The lowest BCUT2D eigenvalue weighted by Gasteiger charge is -2.13. The van der Waals surface area contributed by atoms with Gasteiger partial charge in [-0.1, -0.05) is 0 Å². The van der Waals surface area contributed by atoms with Crippen molar-refractivity contribution in [2.75, 3.05) is 24.3 Å². The normalized spacial score (nSPS) is 11.0. The fourth-order valence-corrected chi connectivity index (χ4v) is 2.29. The van der Waals surface area contributed by atoms with Gasteiger partial charge in [-0.15, -0.1) is 0 Å². The van der Waals surface area contributed by atoms with E-state index in [1.54, 1.807) is 6.33 Å². The number of fused-ring (bicyclic) bond motifs is 1. The van der Waals surface area contributed by atoms with Crippen molar-refractivity contribution in [3.8, 4) is 0 Å². The van der Waals surface area contributed by atoms with Gasteiger partial charge in [0.25, 0.3) is 0 Å². The van der Waals surface area contributed by atoms with E-state index in [9.17, 15) is 0 Å². The number of nitrogens with one attached hydrogen (secondary N) is 2. The van der Waals surface area contributed by atoms with E-state index < -0.39 is 0 Å². The molecule has 0 aromatic carbocycles. The van der Waals surface area contributed by atoms with Crippen LogP contribution in [0, 0.1) is 0 Å². The Labute approximate surface area is 126 Å². The van der Waals surface area contributed by atoms with E-state index >= 15 is 0 Å². The van der Waals surface area contributed by atoms with Gasteiger partial charge < -0.3 is 19.8 Å². The molecule has 110 valence electrons. The van der Waals surface area contributed by atoms with Crippen molar-refractivity contribution in [1.29, 1.82) is 0 Å². The Balaban J connectivity index is 1.85.